The Morgan fingerprint density at radius 3 is 1.81 bits per heavy atom. The summed E-state index contributed by atoms with van der Waals surface area (Å²) in [5.74, 6) is 0. The van der Waals surface area contributed by atoms with E-state index in [-0.39, 0.29) is 11.1 Å². The van der Waals surface area contributed by atoms with Crippen LogP contribution in [-0.4, -0.2) is 72.6 Å². The number of likely N-dealkylation sites (tertiary alicyclic amines) is 1. The molecule has 206 valence electrons. The van der Waals surface area contributed by atoms with Crippen molar-refractivity contribution in [2.45, 2.75) is 102 Å². The summed E-state index contributed by atoms with van der Waals surface area (Å²) in [6, 6.07) is 20.6. The number of piperidine rings is 1. The molecule has 2 aromatic carbocycles. The highest BCUT2D eigenvalue weighted by atomic mass is 28.4. The molecular formula is C31H49NO4Si. The number of nitrogens with zero attached hydrogens (tertiary/aromatic N) is 1. The molecule has 2 aromatic rings. The van der Waals surface area contributed by atoms with Crippen molar-refractivity contribution < 1.29 is 19.7 Å². The van der Waals surface area contributed by atoms with Gasteiger partial charge in [0.05, 0.1) is 18.8 Å². The van der Waals surface area contributed by atoms with Crippen LogP contribution in [0.5, 0.6) is 0 Å². The molecule has 0 amide bonds. The Kier molecular flexibility index (Phi) is 11.4. The Morgan fingerprint density at radius 1 is 0.784 bits per heavy atom. The molecule has 0 aromatic heterocycles. The lowest BCUT2D eigenvalue weighted by Crippen LogP contribution is -2.69. The molecule has 1 aliphatic heterocycles. The molecule has 0 bridgehead atoms. The number of β-amino-alcohol motifs (C(OH)–C–C–N with tert-alkyl or cyclic N) is 1. The Labute approximate surface area is 225 Å². The van der Waals surface area contributed by atoms with Crippen LogP contribution in [0.1, 0.15) is 72.6 Å². The molecule has 1 heterocycles. The molecule has 0 aliphatic carbocycles. The second-order valence-corrected chi connectivity index (χ2v) is 16.0. The van der Waals surface area contributed by atoms with E-state index < -0.39 is 26.6 Å². The van der Waals surface area contributed by atoms with Gasteiger partial charge in [0.2, 0.25) is 0 Å². The van der Waals surface area contributed by atoms with Gasteiger partial charge in [-0.1, -0.05) is 127 Å². The van der Waals surface area contributed by atoms with Crippen molar-refractivity contribution in [1.29, 1.82) is 0 Å². The monoisotopic (exact) mass is 527 g/mol. The van der Waals surface area contributed by atoms with Gasteiger partial charge in [0.15, 0.2) is 0 Å². The summed E-state index contributed by atoms with van der Waals surface area (Å²) in [5, 5.41) is 34.4. The van der Waals surface area contributed by atoms with Gasteiger partial charge in [-0.15, -0.1) is 0 Å². The van der Waals surface area contributed by atoms with Crippen LogP contribution in [0.15, 0.2) is 60.7 Å². The first-order valence-corrected chi connectivity index (χ1v) is 16.2. The number of hydrogen-bond donors (Lipinski definition) is 3. The third-order valence-corrected chi connectivity index (χ3v) is 13.0. The Morgan fingerprint density at radius 2 is 1.30 bits per heavy atom. The van der Waals surface area contributed by atoms with E-state index in [9.17, 15) is 15.3 Å². The fraction of sp³-hybridized carbons (Fsp3) is 0.613. The molecule has 5 nitrogen and oxygen atoms in total. The molecule has 0 spiro atoms. The van der Waals surface area contributed by atoms with Crippen LogP contribution in [0.2, 0.25) is 5.04 Å². The SMILES string of the molecule is CCCCCCCCCN1C[C@H](O)[C@@H](O)[C@H](O)C1CO[Si](c1ccccc1)(c1ccccc1)C(C)(C)C. The van der Waals surface area contributed by atoms with Gasteiger partial charge in [-0.05, 0) is 28.4 Å². The van der Waals surface area contributed by atoms with Gasteiger partial charge in [0.25, 0.3) is 8.32 Å². The van der Waals surface area contributed by atoms with Crippen LogP contribution in [-0.2, 0) is 4.43 Å². The second-order valence-electron chi connectivity index (χ2n) is 11.7. The average Bonchev–Trinajstić information content (AvgIpc) is 2.89. The number of aliphatic hydroxyl groups excluding tert-OH is 3. The summed E-state index contributed by atoms with van der Waals surface area (Å²) in [6.07, 6.45) is 5.27. The average molecular weight is 528 g/mol. The molecule has 37 heavy (non-hydrogen) atoms. The molecule has 6 heteroatoms. The van der Waals surface area contributed by atoms with Crippen molar-refractivity contribution in [3.8, 4) is 0 Å². The smallest absolute Gasteiger partial charge is 0.261 e. The molecule has 1 fully saturated rings. The number of rotatable bonds is 13. The minimum Gasteiger partial charge on any atom is -0.406 e. The van der Waals surface area contributed by atoms with Crippen molar-refractivity contribution in [2.75, 3.05) is 19.7 Å². The predicted molar refractivity (Wildman–Crippen MR) is 155 cm³/mol. The Hall–Kier alpha value is -1.54. The fourth-order valence-electron chi connectivity index (χ4n) is 5.86. The number of benzene rings is 2. The van der Waals surface area contributed by atoms with E-state index in [2.05, 4.69) is 81.1 Å². The largest absolute Gasteiger partial charge is 0.406 e. The maximum absolute atomic E-state index is 11.1. The number of unbranched alkanes of at least 4 members (excludes halogenated alkanes) is 6. The first-order chi connectivity index (χ1) is 17.7. The lowest BCUT2D eigenvalue weighted by molar-refractivity contribution is -0.143. The predicted octanol–water partition coefficient (Wildman–Crippen LogP) is 4.08. The third-order valence-electron chi connectivity index (χ3n) is 7.97. The Balaban J connectivity index is 1.83. The van der Waals surface area contributed by atoms with E-state index in [1.54, 1.807) is 0 Å². The summed E-state index contributed by atoms with van der Waals surface area (Å²) in [4.78, 5) is 2.14. The van der Waals surface area contributed by atoms with Crippen molar-refractivity contribution >= 4 is 18.7 Å². The molecule has 4 atom stereocenters. The first-order valence-electron chi connectivity index (χ1n) is 14.3. The molecule has 1 unspecified atom stereocenters. The summed E-state index contributed by atoms with van der Waals surface area (Å²) in [7, 11) is -2.77. The van der Waals surface area contributed by atoms with Gasteiger partial charge >= 0.3 is 0 Å². The zero-order valence-electron chi connectivity index (χ0n) is 23.4. The van der Waals surface area contributed by atoms with Gasteiger partial charge in [0, 0.05) is 6.54 Å². The van der Waals surface area contributed by atoms with E-state index >= 15 is 0 Å². The second kappa shape index (κ2) is 14.0. The van der Waals surface area contributed by atoms with Crippen molar-refractivity contribution in [1.82, 2.24) is 4.90 Å². The Bertz CT molecular complexity index is 865. The van der Waals surface area contributed by atoms with Crippen LogP contribution in [0.25, 0.3) is 0 Å². The molecule has 0 radical (unpaired) electrons. The number of aliphatic hydroxyl groups is 3. The van der Waals surface area contributed by atoms with Crippen LogP contribution < -0.4 is 10.4 Å². The van der Waals surface area contributed by atoms with Gasteiger partial charge in [-0.25, -0.2) is 0 Å². The molecular weight excluding hydrogens is 478 g/mol. The highest BCUT2D eigenvalue weighted by Crippen LogP contribution is 2.37. The fourth-order valence-corrected chi connectivity index (χ4v) is 10.4. The standard InChI is InChI=1S/C31H49NO4Si/c1-5-6-7-8-9-10-17-22-32-23-28(33)30(35)29(34)27(32)24-36-37(31(2,3)4,25-18-13-11-14-19-25)26-20-15-12-16-21-26/h11-16,18-21,27-30,33-35H,5-10,17,22-24H2,1-4H3/t27?,28-,29+,30+/m0/s1. The third kappa shape index (κ3) is 7.31. The maximum atomic E-state index is 11.1. The van der Waals surface area contributed by atoms with E-state index in [4.69, 9.17) is 4.43 Å². The first kappa shape index (κ1) is 30.0. The lowest BCUT2D eigenvalue weighted by Gasteiger charge is -2.48. The van der Waals surface area contributed by atoms with Crippen LogP contribution in [0, 0.1) is 0 Å². The van der Waals surface area contributed by atoms with E-state index in [0.29, 0.717) is 13.2 Å². The summed E-state index contributed by atoms with van der Waals surface area (Å²) < 4.78 is 7.11. The highest BCUT2D eigenvalue weighted by molar-refractivity contribution is 6.99. The summed E-state index contributed by atoms with van der Waals surface area (Å²) >= 11 is 0. The van der Waals surface area contributed by atoms with Gasteiger partial charge in [0.1, 0.15) is 12.2 Å². The van der Waals surface area contributed by atoms with E-state index in [1.165, 1.54) is 42.5 Å². The van der Waals surface area contributed by atoms with Gasteiger partial charge in [-0.3, -0.25) is 4.90 Å². The molecule has 1 saturated heterocycles. The lowest BCUT2D eigenvalue weighted by atomic mass is 9.94. The minimum absolute atomic E-state index is 0.170. The molecule has 3 rings (SSSR count). The molecule has 1 aliphatic rings. The molecule has 3 N–H and O–H groups in total. The van der Waals surface area contributed by atoms with Crippen molar-refractivity contribution in [3.63, 3.8) is 0 Å². The molecule has 0 saturated carbocycles. The van der Waals surface area contributed by atoms with Gasteiger partial charge in [-0.2, -0.15) is 0 Å². The zero-order chi connectivity index (χ0) is 26.9. The minimum atomic E-state index is -2.77. The van der Waals surface area contributed by atoms with Crippen LogP contribution in [0.3, 0.4) is 0 Å². The number of hydrogen-bond acceptors (Lipinski definition) is 5. The van der Waals surface area contributed by atoms with Crippen molar-refractivity contribution in [3.05, 3.63) is 60.7 Å². The summed E-state index contributed by atoms with van der Waals surface area (Å²) in [5.41, 5.74) is 0. The normalized spacial score (nSPS) is 23.3. The maximum Gasteiger partial charge on any atom is 0.261 e. The van der Waals surface area contributed by atoms with Crippen molar-refractivity contribution in [2.24, 2.45) is 0 Å². The van der Waals surface area contributed by atoms with E-state index in [1.807, 2.05) is 12.1 Å². The van der Waals surface area contributed by atoms with Crippen LogP contribution in [0.4, 0.5) is 0 Å². The summed E-state index contributed by atoms with van der Waals surface area (Å²) in [6.45, 7) is 10.4. The van der Waals surface area contributed by atoms with Crippen LogP contribution >= 0.6 is 0 Å². The van der Waals surface area contributed by atoms with Gasteiger partial charge < -0.3 is 19.7 Å². The van der Waals surface area contributed by atoms with E-state index in [0.717, 1.165) is 19.4 Å². The quantitative estimate of drug-likeness (QED) is 0.270. The topological polar surface area (TPSA) is 73.2 Å². The zero-order valence-corrected chi connectivity index (χ0v) is 24.4. The highest BCUT2D eigenvalue weighted by Gasteiger charge is 2.51.